The summed E-state index contributed by atoms with van der Waals surface area (Å²) in [5, 5.41) is 0.546. The largest absolute Gasteiger partial charge is 0.489 e. The van der Waals surface area contributed by atoms with Gasteiger partial charge >= 0.3 is 6.18 Å². The lowest BCUT2D eigenvalue weighted by atomic mass is 10.1. The molecule has 9 heteroatoms. The van der Waals surface area contributed by atoms with Crippen molar-refractivity contribution < 1.29 is 17.9 Å². The van der Waals surface area contributed by atoms with Crippen molar-refractivity contribution in [2.75, 3.05) is 0 Å². The highest BCUT2D eigenvalue weighted by Gasteiger charge is 2.30. The van der Waals surface area contributed by atoms with E-state index in [1.165, 1.54) is 6.33 Å². The molecule has 4 aromatic rings. The molecule has 1 aromatic carbocycles. The van der Waals surface area contributed by atoms with Crippen LogP contribution in [-0.4, -0.2) is 25.7 Å². The van der Waals surface area contributed by atoms with E-state index in [-0.39, 0.29) is 17.3 Å². The van der Waals surface area contributed by atoms with Gasteiger partial charge in [-0.05, 0) is 29.8 Å². The molecule has 0 aliphatic rings. The van der Waals surface area contributed by atoms with Gasteiger partial charge < -0.3 is 9.30 Å². The number of ether oxygens (including phenoxy) is 1. The minimum absolute atomic E-state index is 0.0185. The monoisotopic (exact) mass is 392 g/mol. The molecule has 5 nitrogen and oxygen atoms in total. The third-order valence-electron chi connectivity index (χ3n) is 4.05. The quantitative estimate of drug-likeness (QED) is 0.469. The second kappa shape index (κ2) is 6.70. The second-order valence-corrected chi connectivity index (χ2v) is 6.24. The van der Waals surface area contributed by atoms with Crippen LogP contribution >= 0.6 is 11.6 Å². The van der Waals surface area contributed by atoms with Gasteiger partial charge in [-0.1, -0.05) is 17.7 Å². The number of alkyl halides is 3. The molecule has 0 fully saturated rings. The van der Waals surface area contributed by atoms with Crippen LogP contribution in [-0.2, 0) is 13.2 Å². The topological polar surface area (TPSA) is 52.8 Å². The number of aromatic nitrogens is 4. The van der Waals surface area contributed by atoms with E-state index < -0.39 is 12.7 Å². The van der Waals surface area contributed by atoms with Crippen LogP contribution in [0.3, 0.4) is 0 Å². The normalized spacial score (nSPS) is 12.0. The molecule has 0 N–H and O–H groups in total. The molecule has 0 radical (unpaired) electrons. The van der Waals surface area contributed by atoms with Gasteiger partial charge in [0.15, 0.2) is 5.15 Å². The predicted octanol–water partition coefficient (Wildman–Crippen LogP) is 4.77. The number of hydrogen-bond donors (Lipinski definition) is 0. The molecule has 0 unspecified atom stereocenters. The van der Waals surface area contributed by atoms with Crippen molar-refractivity contribution in [3.63, 3.8) is 0 Å². The number of halogens is 4. The van der Waals surface area contributed by atoms with E-state index in [2.05, 4.69) is 15.0 Å². The zero-order valence-corrected chi connectivity index (χ0v) is 14.5. The minimum atomic E-state index is -4.40. The molecule has 0 saturated carbocycles. The fraction of sp³-hybridized carbons (Fsp3) is 0.167. The van der Waals surface area contributed by atoms with Gasteiger partial charge in [0.2, 0.25) is 0 Å². The first-order valence-electron chi connectivity index (χ1n) is 7.93. The van der Waals surface area contributed by atoms with Crippen LogP contribution in [0.4, 0.5) is 13.2 Å². The summed E-state index contributed by atoms with van der Waals surface area (Å²) in [5.74, 6) is 0.648. The highest BCUT2D eigenvalue weighted by molar-refractivity contribution is 6.34. The molecule has 138 valence electrons. The molecule has 0 spiro atoms. The molecule has 4 rings (SSSR count). The summed E-state index contributed by atoms with van der Waals surface area (Å²) in [6.07, 6.45) is 0.0633. The Bertz CT molecular complexity index is 1110. The Balaban J connectivity index is 1.79. The Labute approximate surface area is 156 Å². The van der Waals surface area contributed by atoms with Gasteiger partial charge in [-0.15, -0.1) is 0 Å². The third kappa shape index (κ3) is 3.52. The first-order valence-corrected chi connectivity index (χ1v) is 8.31. The Kier molecular flexibility index (Phi) is 4.35. The standard InChI is InChI=1S/C18H12ClF3N4O/c19-17-16-15(24-10-25-17)13-7-11(8-27-12-3-5-23-6-4-12)1-2-14(13)26(16)9-18(20,21)22/h1-7,10H,8-9H2. The SMILES string of the molecule is FC(F)(F)Cn1c2ccc(COc3ccncc3)cc2c2ncnc(Cl)c21. The molecule has 3 heterocycles. The molecule has 0 aliphatic carbocycles. The van der Waals surface area contributed by atoms with Crippen molar-refractivity contribution in [2.24, 2.45) is 0 Å². The first-order chi connectivity index (χ1) is 12.9. The van der Waals surface area contributed by atoms with Crippen LogP contribution in [0.1, 0.15) is 5.56 Å². The fourth-order valence-corrected chi connectivity index (χ4v) is 3.19. The summed E-state index contributed by atoms with van der Waals surface area (Å²) in [5.41, 5.74) is 1.72. The van der Waals surface area contributed by atoms with Crippen molar-refractivity contribution >= 4 is 33.5 Å². The average molecular weight is 393 g/mol. The second-order valence-electron chi connectivity index (χ2n) is 5.89. The third-order valence-corrected chi connectivity index (χ3v) is 4.32. The number of nitrogens with zero attached hydrogens (tertiary/aromatic N) is 4. The molecule has 27 heavy (non-hydrogen) atoms. The van der Waals surface area contributed by atoms with Crippen LogP contribution in [0.2, 0.25) is 5.15 Å². The van der Waals surface area contributed by atoms with Crippen molar-refractivity contribution in [3.05, 3.63) is 59.8 Å². The number of hydrogen-bond acceptors (Lipinski definition) is 4. The Hall–Kier alpha value is -2.87. The van der Waals surface area contributed by atoms with E-state index in [4.69, 9.17) is 16.3 Å². The van der Waals surface area contributed by atoms with Gasteiger partial charge in [0.1, 0.15) is 36.3 Å². The van der Waals surface area contributed by atoms with Gasteiger partial charge in [0, 0.05) is 17.8 Å². The summed E-state index contributed by atoms with van der Waals surface area (Å²) in [7, 11) is 0. The summed E-state index contributed by atoms with van der Waals surface area (Å²) in [6, 6.07) is 8.54. The lowest BCUT2D eigenvalue weighted by molar-refractivity contribution is -0.139. The number of pyridine rings is 1. The van der Waals surface area contributed by atoms with Gasteiger partial charge in [0.05, 0.1) is 5.52 Å². The van der Waals surface area contributed by atoms with Crippen LogP contribution in [0, 0.1) is 0 Å². The van der Waals surface area contributed by atoms with Crippen molar-refractivity contribution in [1.29, 1.82) is 0 Å². The summed E-state index contributed by atoms with van der Waals surface area (Å²) < 4.78 is 46.0. The van der Waals surface area contributed by atoms with E-state index >= 15 is 0 Å². The minimum Gasteiger partial charge on any atom is -0.489 e. The number of rotatable bonds is 4. The van der Waals surface area contributed by atoms with E-state index in [9.17, 15) is 13.2 Å². The maximum atomic E-state index is 13.1. The number of benzene rings is 1. The fourth-order valence-electron chi connectivity index (χ4n) is 2.96. The molecular formula is C18H12ClF3N4O. The molecule has 3 aromatic heterocycles. The maximum absolute atomic E-state index is 13.1. The zero-order chi connectivity index (χ0) is 19.0. The van der Waals surface area contributed by atoms with Crippen molar-refractivity contribution in [1.82, 2.24) is 19.5 Å². The maximum Gasteiger partial charge on any atom is 0.406 e. The van der Waals surface area contributed by atoms with Gasteiger partial charge in [-0.2, -0.15) is 13.2 Å². The molecule has 0 amide bonds. The average Bonchev–Trinajstić information content (AvgIpc) is 2.94. The number of fused-ring (bicyclic) bond motifs is 3. The summed E-state index contributed by atoms with van der Waals surface area (Å²) in [6.45, 7) is -0.919. The van der Waals surface area contributed by atoms with Gasteiger partial charge in [0.25, 0.3) is 0 Å². The van der Waals surface area contributed by atoms with Crippen LogP contribution in [0.15, 0.2) is 49.1 Å². The Morgan fingerprint density at radius 3 is 2.59 bits per heavy atom. The Morgan fingerprint density at radius 1 is 1.07 bits per heavy atom. The Morgan fingerprint density at radius 2 is 1.85 bits per heavy atom. The molecule has 0 saturated heterocycles. The molecule has 0 bridgehead atoms. The van der Waals surface area contributed by atoms with E-state index in [0.29, 0.717) is 22.2 Å². The zero-order valence-electron chi connectivity index (χ0n) is 13.7. The predicted molar refractivity (Wildman–Crippen MR) is 94.7 cm³/mol. The van der Waals surface area contributed by atoms with Gasteiger partial charge in [-0.25, -0.2) is 9.97 Å². The molecule has 0 aliphatic heterocycles. The van der Waals surface area contributed by atoms with Crippen LogP contribution < -0.4 is 4.74 Å². The molecule has 0 atom stereocenters. The van der Waals surface area contributed by atoms with Crippen LogP contribution in [0.5, 0.6) is 5.75 Å². The van der Waals surface area contributed by atoms with E-state index in [1.807, 2.05) is 0 Å². The van der Waals surface area contributed by atoms with E-state index in [0.717, 1.165) is 10.1 Å². The van der Waals surface area contributed by atoms with Gasteiger partial charge in [-0.3, -0.25) is 4.98 Å². The summed E-state index contributed by atoms with van der Waals surface area (Å²) >= 11 is 6.07. The van der Waals surface area contributed by atoms with Crippen molar-refractivity contribution in [2.45, 2.75) is 19.3 Å². The lowest BCUT2D eigenvalue weighted by Crippen LogP contribution is -2.17. The highest BCUT2D eigenvalue weighted by Crippen LogP contribution is 2.34. The highest BCUT2D eigenvalue weighted by atomic mass is 35.5. The van der Waals surface area contributed by atoms with Crippen LogP contribution in [0.25, 0.3) is 21.9 Å². The van der Waals surface area contributed by atoms with E-state index in [1.54, 1.807) is 42.7 Å². The summed E-state index contributed by atoms with van der Waals surface area (Å²) in [4.78, 5) is 11.9. The van der Waals surface area contributed by atoms with Crippen molar-refractivity contribution in [3.8, 4) is 5.75 Å². The first kappa shape index (κ1) is 17.5. The smallest absolute Gasteiger partial charge is 0.406 e. The lowest BCUT2D eigenvalue weighted by Gasteiger charge is -2.11. The molecular weight excluding hydrogens is 381 g/mol.